The largest absolute Gasteiger partial charge is 0.438 e. The Hall–Kier alpha value is -3.01. The summed E-state index contributed by atoms with van der Waals surface area (Å²) in [5.41, 5.74) is 2.30. The summed E-state index contributed by atoms with van der Waals surface area (Å²) in [5.74, 6) is 1.19. The van der Waals surface area contributed by atoms with Crippen molar-refractivity contribution < 1.29 is 9.53 Å². The fourth-order valence-corrected chi connectivity index (χ4v) is 1.94. The van der Waals surface area contributed by atoms with Crippen molar-refractivity contribution in [3.63, 3.8) is 0 Å². The SMILES string of the molecule is O=Cc1ccc(-c2cncnc2Oc2ccccc2)cc1. The number of para-hydroxylation sites is 1. The Morgan fingerprint density at radius 1 is 0.952 bits per heavy atom. The maximum Gasteiger partial charge on any atom is 0.230 e. The number of aldehydes is 1. The molecule has 21 heavy (non-hydrogen) atoms. The number of hydrogen-bond acceptors (Lipinski definition) is 4. The molecule has 0 saturated heterocycles. The van der Waals surface area contributed by atoms with Gasteiger partial charge in [-0.3, -0.25) is 4.79 Å². The number of hydrogen-bond donors (Lipinski definition) is 0. The lowest BCUT2D eigenvalue weighted by molar-refractivity contribution is 0.112. The van der Waals surface area contributed by atoms with Gasteiger partial charge in [-0.05, 0) is 17.7 Å². The fourth-order valence-electron chi connectivity index (χ4n) is 1.94. The first-order chi connectivity index (χ1) is 10.4. The van der Waals surface area contributed by atoms with Gasteiger partial charge in [-0.2, -0.15) is 0 Å². The van der Waals surface area contributed by atoms with Gasteiger partial charge in [0.2, 0.25) is 5.88 Å². The summed E-state index contributed by atoms with van der Waals surface area (Å²) in [4.78, 5) is 18.9. The van der Waals surface area contributed by atoms with E-state index in [0.717, 1.165) is 17.4 Å². The molecular formula is C17H12N2O2. The molecule has 0 radical (unpaired) electrons. The van der Waals surface area contributed by atoms with Crippen LogP contribution in [0.1, 0.15) is 10.4 Å². The van der Waals surface area contributed by atoms with Crippen LogP contribution in [0.2, 0.25) is 0 Å². The zero-order valence-electron chi connectivity index (χ0n) is 11.1. The molecule has 4 heteroatoms. The van der Waals surface area contributed by atoms with Crippen LogP contribution in [0.3, 0.4) is 0 Å². The van der Waals surface area contributed by atoms with Gasteiger partial charge >= 0.3 is 0 Å². The van der Waals surface area contributed by atoms with Crippen molar-refractivity contribution in [3.05, 3.63) is 72.7 Å². The first-order valence-corrected chi connectivity index (χ1v) is 6.45. The van der Waals surface area contributed by atoms with E-state index >= 15 is 0 Å². The van der Waals surface area contributed by atoms with Crippen molar-refractivity contribution in [1.82, 2.24) is 9.97 Å². The minimum atomic E-state index is 0.482. The Balaban J connectivity index is 1.97. The quantitative estimate of drug-likeness (QED) is 0.681. The third-order valence-corrected chi connectivity index (χ3v) is 2.99. The Labute approximate surface area is 122 Å². The van der Waals surface area contributed by atoms with E-state index in [-0.39, 0.29) is 0 Å². The highest BCUT2D eigenvalue weighted by Crippen LogP contribution is 2.30. The van der Waals surface area contributed by atoms with Crippen LogP contribution in [-0.4, -0.2) is 16.3 Å². The summed E-state index contributed by atoms with van der Waals surface area (Å²) in [6.07, 6.45) is 3.95. The van der Waals surface area contributed by atoms with Crippen LogP contribution in [0.4, 0.5) is 0 Å². The number of benzene rings is 2. The van der Waals surface area contributed by atoms with Crippen molar-refractivity contribution in [2.75, 3.05) is 0 Å². The molecule has 0 spiro atoms. The summed E-state index contributed by atoms with van der Waals surface area (Å²) in [5, 5.41) is 0. The number of ether oxygens (including phenoxy) is 1. The first-order valence-electron chi connectivity index (χ1n) is 6.45. The monoisotopic (exact) mass is 276 g/mol. The lowest BCUT2D eigenvalue weighted by Crippen LogP contribution is -1.93. The van der Waals surface area contributed by atoms with E-state index in [4.69, 9.17) is 4.74 Å². The van der Waals surface area contributed by atoms with Crippen LogP contribution in [-0.2, 0) is 0 Å². The summed E-state index contributed by atoms with van der Waals surface area (Å²) in [6.45, 7) is 0. The van der Waals surface area contributed by atoms with Gasteiger partial charge in [0, 0.05) is 11.8 Å². The average molecular weight is 276 g/mol. The van der Waals surface area contributed by atoms with E-state index in [9.17, 15) is 4.79 Å². The lowest BCUT2D eigenvalue weighted by Gasteiger charge is -2.09. The standard InChI is InChI=1S/C17H12N2O2/c20-11-13-6-8-14(9-7-13)16-10-18-12-19-17(16)21-15-4-2-1-3-5-15/h1-12H. The molecule has 0 aliphatic heterocycles. The molecular weight excluding hydrogens is 264 g/mol. The number of rotatable bonds is 4. The van der Waals surface area contributed by atoms with Crippen molar-refractivity contribution >= 4 is 6.29 Å². The average Bonchev–Trinajstić information content (AvgIpc) is 2.56. The number of nitrogens with zero attached hydrogens (tertiary/aromatic N) is 2. The van der Waals surface area contributed by atoms with E-state index in [2.05, 4.69) is 9.97 Å². The topological polar surface area (TPSA) is 52.1 Å². The summed E-state index contributed by atoms with van der Waals surface area (Å²) in [6, 6.07) is 16.6. The van der Waals surface area contributed by atoms with E-state index in [1.807, 2.05) is 42.5 Å². The minimum Gasteiger partial charge on any atom is -0.438 e. The molecule has 0 bridgehead atoms. The zero-order valence-corrected chi connectivity index (χ0v) is 11.1. The highest BCUT2D eigenvalue weighted by atomic mass is 16.5. The molecule has 3 aromatic rings. The highest BCUT2D eigenvalue weighted by Gasteiger charge is 2.09. The molecule has 0 fully saturated rings. The lowest BCUT2D eigenvalue weighted by atomic mass is 10.1. The molecule has 0 aliphatic rings. The van der Waals surface area contributed by atoms with E-state index in [1.54, 1.807) is 18.3 Å². The summed E-state index contributed by atoms with van der Waals surface area (Å²) >= 11 is 0. The second kappa shape index (κ2) is 5.96. The van der Waals surface area contributed by atoms with Gasteiger partial charge in [-0.15, -0.1) is 0 Å². The van der Waals surface area contributed by atoms with E-state index < -0.39 is 0 Å². The molecule has 0 unspecified atom stereocenters. The molecule has 0 saturated carbocycles. The molecule has 3 rings (SSSR count). The van der Waals surface area contributed by atoms with Crippen molar-refractivity contribution in [2.45, 2.75) is 0 Å². The van der Waals surface area contributed by atoms with Gasteiger partial charge in [0.1, 0.15) is 18.4 Å². The smallest absolute Gasteiger partial charge is 0.230 e. The Bertz CT molecular complexity index is 740. The normalized spacial score (nSPS) is 10.1. The molecule has 1 heterocycles. The minimum absolute atomic E-state index is 0.482. The molecule has 0 amide bonds. The van der Waals surface area contributed by atoms with Gasteiger partial charge in [-0.25, -0.2) is 9.97 Å². The van der Waals surface area contributed by atoms with Crippen LogP contribution in [0, 0.1) is 0 Å². The molecule has 2 aromatic carbocycles. The van der Waals surface area contributed by atoms with Crippen LogP contribution in [0.15, 0.2) is 67.1 Å². The van der Waals surface area contributed by atoms with E-state index in [0.29, 0.717) is 17.2 Å². The summed E-state index contributed by atoms with van der Waals surface area (Å²) in [7, 11) is 0. The molecule has 0 atom stereocenters. The third-order valence-electron chi connectivity index (χ3n) is 2.99. The van der Waals surface area contributed by atoms with Crippen LogP contribution in [0.5, 0.6) is 11.6 Å². The second-order valence-electron chi connectivity index (χ2n) is 4.40. The number of aromatic nitrogens is 2. The second-order valence-corrected chi connectivity index (χ2v) is 4.40. The number of carbonyl (C=O) groups is 1. The van der Waals surface area contributed by atoms with E-state index in [1.165, 1.54) is 6.33 Å². The van der Waals surface area contributed by atoms with Crippen molar-refractivity contribution in [3.8, 4) is 22.8 Å². The molecule has 4 nitrogen and oxygen atoms in total. The van der Waals surface area contributed by atoms with Crippen LogP contribution < -0.4 is 4.74 Å². The maximum atomic E-state index is 10.7. The Morgan fingerprint density at radius 3 is 2.43 bits per heavy atom. The highest BCUT2D eigenvalue weighted by molar-refractivity contribution is 5.77. The van der Waals surface area contributed by atoms with Gasteiger partial charge < -0.3 is 4.74 Å². The van der Waals surface area contributed by atoms with Crippen molar-refractivity contribution in [1.29, 1.82) is 0 Å². The molecule has 1 aromatic heterocycles. The Kier molecular flexibility index (Phi) is 3.69. The van der Waals surface area contributed by atoms with Crippen LogP contribution >= 0.6 is 0 Å². The first kappa shape index (κ1) is 13.0. The van der Waals surface area contributed by atoms with Crippen molar-refractivity contribution in [2.24, 2.45) is 0 Å². The van der Waals surface area contributed by atoms with Gasteiger partial charge in [0.25, 0.3) is 0 Å². The maximum absolute atomic E-state index is 10.7. The summed E-state index contributed by atoms with van der Waals surface area (Å²) < 4.78 is 5.80. The zero-order chi connectivity index (χ0) is 14.5. The van der Waals surface area contributed by atoms with Gasteiger partial charge in [-0.1, -0.05) is 42.5 Å². The number of carbonyl (C=O) groups excluding carboxylic acids is 1. The van der Waals surface area contributed by atoms with Crippen LogP contribution in [0.25, 0.3) is 11.1 Å². The van der Waals surface area contributed by atoms with Gasteiger partial charge in [0.15, 0.2) is 0 Å². The Morgan fingerprint density at radius 2 is 1.71 bits per heavy atom. The van der Waals surface area contributed by atoms with Gasteiger partial charge in [0.05, 0.1) is 5.56 Å². The molecule has 0 aliphatic carbocycles. The molecule has 102 valence electrons. The fraction of sp³-hybridized carbons (Fsp3) is 0. The molecule has 0 N–H and O–H groups in total. The predicted molar refractivity (Wildman–Crippen MR) is 79.4 cm³/mol. The third kappa shape index (κ3) is 2.95. The predicted octanol–water partition coefficient (Wildman–Crippen LogP) is 3.75.